The molecule has 2 N–H and O–H groups in total. The van der Waals surface area contributed by atoms with Crippen molar-refractivity contribution in [3.63, 3.8) is 0 Å². The first-order valence-corrected chi connectivity index (χ1v) is 3.34. The first-order valence-electron chi connectivity index (χ1n) is 3.34. The summed E-state index contributed by atoms with van der Waals surface area (Å²) >= 11 is 0. The average Bonchev–Trinajstić information content (AvgIpc) is 1.96. The van der Waals surface area contributed by atoms with E-state index in [-0.39, 0.29) is 0 Å². The Morgan fingerprint density at radius 2 is 2.27 bits per heavy atom. The summed E-state index contributed by atoms with van der Waals surface area (Å²) in [5, 5.41) is 5.81. The molecule has 0 aromatic rings. The second-order valence-corrected chi connectivity index (χ2v) is 2.31. The topological polar surface area (TPSA) is 36.4 Å². The number of hydrogen-bond donors (Lipinski definition) is 2. The lowest BCUT2D eigenvalue weighted by molar-refractivity contribution is 0.918. The smallest absolute Gasteiger partial charge is 0.122 e. The van der Waals surface area contributed by atoms with Gasteiger partial charge in [0.2, 0.25) is 0 Å². The molecule has 56 valence electrons. The molecule has 0 unspecified atom stereocenters. The maximum atomic E-state index is 5.64. The van der Waals surface area contributed by atoms with Crippen LogP contribution in [-0.4, -0.2) is 20.7 Å². The van der Waals surface area contributed by atoms with E-state index in [1.54, 1.807) is 7.05 Å². The fourth-order valence-electron chi connectivity index (χ4n) is 0.875. The number of hydrogen-bond acceptors (Lipinski definition) is 3. The third-order valence-electron chi connectivity index (χ3n) is 1.43. The van der Waals surface area contributed by atoms with E-state index < -0.39 is 0 Å². The van der Waals surface area contributed by atoms with Gasteiger partial charge in [0.05, 0.1) is 0 Å². The third-order valence-corrected chi connectivity index (χ3v) is 1.43. The molecule has 1 aliphatic rings. The fraction of sp³-hybridized carbons (Fsp3) is 0.286. The molecule has 0 aromatic carbocycles. The highest BCUT2D eigenvalue weighted by Gasteiger charge is 2.09. The Balaban J connectivity index is 3.02. The zero-order chi connectivity index (χ0) is 8.43. The van der Waals surface area contributed by atoms with Crippen molar-refractivity contribution in [1.82, 2.24) is 10.6 Å². The Morgan fingerprint density at radius 1 is 1.64 bits per heavy atom. The van der Waals surface area contributed by atoms with E-state index in [1.807, 2.05) is 6.92 Å². The van der Waals surface area contributed by atoms with Crippen molar-refractivity contribution < 1.29 is 0 Å². The molecule has 1 rings (SSSR count). The monoisotopic (exact) mass is 147 g/mol. The Kier molecular flexibility index (Phi) is 2.03. The van der Waals surface area contributed by atoms with Crippen LogP contribution in [0, 0.1) is 0 Å². The molecule has 0 saturated carbocycles. The van der Waals surface area contributed by atoms with Crippen LogP contribution in [0.2, 0.25) is 0 Å². The number of rotatable bonds is 1. The van der Waals surface area contributed by atoms with Gasteiger partial charge in [0, 0.05) is 12.7 Å². The first kappa shape index (κ1) is 7.92. The molecule has 2 radical (unpaired) electrons. The number of aliphatic imine (C=N–C) groups is 1. The van der Waals surface area contributed by atoms with Gasteiger partial charge in [-0.25, -0.2) is 4.99 Å². The molecule has 0 atom stereocenters. The molecular formula is C7H10BN3. The van der Waals surface area contributed by atoms with Crippen LogP contribution < -0.4 is 10.6 Å². The molecule has 0 amide bonds. The Hall–Kier alpha value is -1.19. The quantitative estimate of drug-likeness (QED) is 0.515. The van der Waals surface area contributed by atoms with Crippen molar-refractivity contribution in [2.45, 2.75) is 6.92 Å². The van der Waals surface area contributed by atoms with Gasteiger partial charge < -0.3 is 10.6 Å². The van der Waals surface area contributed by atoms with Crippen molar-refractivity contribution in [3.8, 4) is 0 Å². The number of nitrogens with zero attached hydrogens (tertiary/aromatic N) is 1. The third kappa shape index (κ3) is 1.45. The Bertz CT molecular complexity index is 252. The summed E-state index contributed by atoms with van der Waals surface area (Å²) in [7, 11) is 7.42. The van der Waals surface area contributed by atoms with Crippen molar-refractivity contribution in [1.29, 1.82) is 0 Å². The van der Waals surface area contributed by atoms with Crippen LogP contribution in [0.3, 0.4) is 0 Å². The molecule has 0 bridgehead atoms. The number of allylic oxidation sites excluding steroid dienone is 1. The first-order chi connectivity index (χ1) is 5.15. The molecule has 0 spiro atoms. The van der Waals surface area contributed by atoms with Crippen LogP contribution in [0.1, 0.15) is 6.92 Å². The highest BCUT2D eigenvalue weighted by atomic mass is 15.1. The van der Waals surface area contributed by atoms with Gasteiger partial charge in [0.15, 0.2) is 0 Å². The molecule has 4 heteroatoms. The Morgan fingerprint density at radius 3 is 2.82 bits per heavy atom. The van der Waals surface area contributed by atoms with Gasteiger partial charge in [0.25, 0.3) is 0 Å². The highest BCUT2D eigenvalue weighted by molar-refractivity contribution is 6.25. The molecule has 11 heavy (non-hydrogen) atoms. The van der Waals surface area contributed by atoms with Crippen LogP contribution in [0.25, 0.3) is 0 Å². The van der Waals surface area contributed by atoms with E-state index in [0.717, 1.165) is 5.84 Å². The Labute approximate surface area is 67.7 Å². The predicted molar refractivity (Wildman–Crippen MR) is 47.2 cm³/mol. The van der Waals surface area contributed by atoms with Crippen LogP contribution in [0.4, 0.5) is 0 Å². The lowest BCUT2D eigenvalue weighted by Crippen LogP contribution is -2.28. The summed E-state index contributed by atoms with van der Waals surface area (Å²) in [5.41, 5.74) is 1.26. The zero-order valence-corrected chi connectivity index (χ0v) is 6.73. The van der Waals surface area contributed by atoms with Gasteiger partial charge in [-0.2, -0.15) is 0 Å². The van der Waals surface area contributed by atoms with E-state index in [2.05, 4.69) is 22.2 Å². The van der Waals surface area contributed by atoms with Crippen LogP contribution in [0.5, 0.6) is 0 Å². The maximum Gasteiger partial charge on any atom is 0.122 e. The van der Waals surface area contributed by atoms with Gasteiger partial charge in [-0.3, -0.25) is 0 Å². The van der Waals surface area contributed by atoms with Gasteiger partial charge in [-0.05, 0) is 12.4 Å². The second kappa shape index (κ2) is 2.82. The minimum absolute atomic E-state index is 0.568. The lowest BCUT2D eigenvalue weighted by atomic mass is 9.92. The van der Waals surface area contributed by atoms with E-state index in [0.29, 0.717) is 17.0 Å². The van der Waals surface area contributed by atoms with E-state index in [1.165, 1.54) is 0 Å². The summed E-state index contributed by atoms with van der Waals surface area (Å²) in [5.74, 6) is 1.47. The largest absolute Gasteiger partial charge is 0.374 e. The minimum atomic E-state index is 0.568. The summed E-state index contributed by atoms with van der Waals surface area (Å²) in [6.45, 7) is 5.59. The minimum Gasteiger partial charge on any atom is -0.374 e. The predicted octanol–water partition coefficient (Wildman–Crippen LogP) is 0.0787. The standard InChI is InChI=1S/C7H10BN3/c1-4-6(8)7(9-3)11-5(2)10-4/h9H,1H2,2-3H3,(H,10,11). The normalized spacial score (nSPS) is 17.6. The number of nitrogens with one attached hydrogen (secondary N) is 2. The van der Waals surface area contributed by atoms with Gasteiger partial charge in [0.1, 0.15) is 19.5 Å². The van der Waals surface area contributed by atoms with Gasteiger partial charge >= 0.3 is 0 Å². The van der Waals surface area contributed by atoms with Gasteiger partial charge in [-0.1, -0.05) is 6.58 Å². The van der Waals surface area contributed by atoms with Gasteiger partial charge in [-0.15, -0.1) is 0 Å². The summed E-state index contributed by atoms with van der Waals surface area (Å²) in [6, 6.07) is 0. The highest BCUT2D eigenvalue weighted by Crippen LogP contribution is 2.10. The molecule has 0 fully saturated rings. The van der Waals surface area contributed by atoms with Crippen molar-refractivity contribution in [2.24, 2.45) is 4.99 Å². The van der Waals surface area contributed by atoms with Crippen molar-refractivity contribution in [3.05, 3.63) is 23.6 Å². The summed E-state index contributed by atoms with van der Waals surface area (Å²) in [6.07, 6.45) is 0. The molecule has 0 saturated heterocycles. The molecule has 1 heterocycles. The lowest BCUT2D eigenvalue weighted by Gasteiger charge is -2.18. The second-order valence-electron chi connectivity index (χ2n) is 2.31. The maximum absolute atomic E-state index is 5.64. The molecule has 0 aliphatic carbocycles. The SMILES string of the molecule is [B]C1=C(NC)N=C(C)NC1=C. The van der Waals surface area contributed by atoms with Crippen LogP contribution in [-0.2, 0) is 0 Å². The summed E-state index contributed by atoms with van der Waals surface area (Å²) in [4.78, 5) is 4.12. The molecular weight excluding hydrogens is 137 g/mol. The fourth-order valence-corrected chi connectivity index (χ4v) is 0.875. The van der Waals surface area contributed by atoms with Crippen molar-refractivity contribution >= 4 is 13.7 Å². The van der Waals surface area contributed by atoms with E-state index in [4.69, 9.17) is 7.85 Å². The molecule has 1 aliphatic heterocycles. The molecule has 3 nitrogen and oxygen atoms in total. The van der Waals surface area contributed by atoms with Crippen LogP contribution in [0.15, 0.2) is 28.6 Å². The summed E-state index contributed by atoms with van der Waals surface area (Å²) < 4.78 is 0. The van der Waals surface area contributed by atoms with Crippen molar-refractivity contribution in [2.75, 3.05) is 7.05 Å². The zero-order valence-electron chi connectivity index (χ0n) is 6.73. The molecule has 0 aromatic heterocycles. The van der Waals surface area contributed by atoms with E-state index in [9.17, 15) is 0 Å². The van der Waals surface area contributed by atoms with Crippen LogP contribution >= 0.6 is 0 Å². The number of amidine groups is 1. The van der Waals surface area contributed by atoms with E-state index >= 15 is 0 Å². The average molecular weight is 147 g/mol.